The Labute approximate surface area is 125 Å². The fourth-order valence-corrected chi connectivity index (χ4v) is 1.55. The molecule has 0 aliphatic heterocycles. The highest BCUT2D eigenvalue weighted by atomic mass is 16.3. The molecule has 0 aliphatic carbocycles. The summed E-state index contributed by atoms with van der Waals surface area (Å²) in [4.78, 5) is 22.5. The lowest BCUT2D eigenvalue weighted by atomic mass is 10.1. The third-order valence-electron chi connectivity index (χ3n) is 2.91. The molecular formula is C16H22N2O3. The molecule has 114 valence electrons. The number of aliphatic hydroxyl groups excluding tert-OH is 1. The predicted octanol–water partition coefficient (Wildman–Crippen LogP) is 1.79. The summed E-state index contributed by atoms with van der Waals surface area (Å²) < 4.78 is 0. The number of amides is 2. The Bertz CT molecular complexity index is 507. The number of benzene rings is 1. The summed E-state index contributed by atoms with van der Waals surface area (Å²) in [6, 6.07) is 7.14. The molecule has 0 radical (unpaired) electrons. The molecule has 0 bridgehead atoms. The number of hydrogen-bond acceptors (Lipinski definition) is 3. The van der Waals surface area contributed by atoms with Gasteiger partial charge in [0.15, 0.2) is 0 Å². The van der Waals surface area contributed by atoms with Crippen LogP contribution < -0.4 is 10.6 Å². The molecule has 1 unspecified atom stereocenters. The maximum absolute atomic E-state index is 11.6. The summed E-state index contributed by atoms with van der Waals surface area (Å²) in [7, 11) is 0. The first-order chi connectivity index (χ1) is 9.88. The molecule has 0 spiro atoms. The summed E-state index contributed by atoms with van der Waals surface area (Å²) in [6.45, 7) is 5.47. The van der Waals surface area contributed by atoms with Gasteiger partial charge in [-0.15, -0.1) is 0 Å². The Hall–Kier alpha value is -2.14. The van der Waals surface area contributed by atoms with Gasteiger partial charge in [-0.1, -0.05) is 26.0 Å². The zero-order valence-electron chi connectivity index (χ0n) is 12.6. The number of carbonyl (C=O) groups excluding carboxylic acids is 2. The average Bonchev–Trinajstić information content (AvgIpc) is 2.43. The normalized spacial score (nSPS) is 12.4. The van der Waals surface area contributed by atoms with Crippen molar-refractivity contribution in [1.29, 1.82) is 0 Å². The lowest BCUT2D eigenvalue weighted by molar-refractivity contribution is -0.117. The van der Waals surface area contributed by atoms with Gasteiger partial charge in [0.1, 0.15) is 0 Å². The second-order valence-corrected chi connectivity index (χ2v) is 5.19. The molecule has 0 saturated carbocycles. The van der Waals surface area contributed by atoms with Crippen LogP contribution in [0, 0.1) is 5.92 Å². The first-order valence-corrected chi connectivity index (χ1v) is 6.90. The number of anilines is 1. The van der Waals surface area contributed by atoms with Gasteiger partial charge < -0.3 is 15.7 Å². The van der Waals surface area contributed by atoms with Gasteiger partial charge in [0.2, 0.25) is 11.8 Å². The van der Waals surface area contributed by atoms with E-state index in [4.69, 9.17) is 0 Å². The van der Waals surface area contributed by atoms with E-state index in [2.05, 4.69) is 10.6 Å². The standard InChI is InChI=1S/C16H22N2O3/c1-11(2)15(20)10-17-16(21)9-6-13-4-7-14(8-5-13)18-12(3)19/h4-9,11,15,20H,10H2,1-3H3,(H,17,21)(H,18,19)/b9-6+. The fraction of sp³-hybridized carbons (Fsp3) is 0.375. The van der Waals surface area contributed by atoms with E-state index in [0.717, 1.165) is 5.56 Å². The molecule has 0 fully saturated rings. The number of carbonyl (C=O) groups is 2. The van der Waals surface area contributed by atoms with Gasteiger partial charge in [-0.25, -0.2) is 0 Å². The minimum absolute atomic E-state index is 0.107. The van der Waals surface area contributed by atoms with Crippen LogP contribution in [0.15, 0.2) is 30.3 Å². The second-order valence-electron chi connectivity index (χ2n) is 5.19. The van der Waals surface area contributed by atoms with Crippen molar-refractivity contribution in [3.05, 3.63) is 35.9 Å². The van der Waals surface area contributed by atoms with Crippen molar-refractivity contribution in [2.45, 2.75) is 26.9 Å². The van der Waals surface area contributed by atoms with E-state index in [1.54, 1.807) is 30.3 Å². The monoisotopic (exact) mass is 290 g/mol. The van der Waals surface area contributed by atoms with Gasteiger partial charge in [-0.2, -0.15) is 0 Å². The largest absolute Gasteiger partial charge is 0.391 e. The maximum atomic E-state index is 11.6. The van der Waals surface area contributed by atoms with E-state index in [1.165, 1.54) is 13.0 Å². The van der Waals surface area contributed by atoms with E-state index in [9.17, 15) is 14.7 Å². The van der Waals surface area contributed by atoms with Crippen molar-refractivity contribution in [2.24, 2.45) is 5.92 Å². The fourth-order valence-electron chi connectivity index (χ4n) is 1.55. The molecule has 1 aromatic rings. The Kier molecular flexibility index (Phi) is 6.62. The lowest BCUT2D eigenvalue weighted by Crippen LogP contribution is -2.33. The van der Waals surface area contributed by atoms with Crippen molar-refractivity contribution in [2.75, 3.05) is 11.9 Å². The third kappa shape index (κ3) is 6.72. The molecule has 1 aromatic carbocycles. The third-order valence-corrected chi connectivity index (χ3v) is 2.91. The van der Waals surface area contributed by atoms with Crippen molar-refractivity contribution < 1.29 is 14.7 Å². The van der Waals surface area contributed by atoms with E-state index in [-0.39, 0.29) is 24.3 Å². The number of nitrogens with one attached hydrogen (secondary N) is 2. The topological polar surface area (TPSA) is 78.4 Å². The molecule has 0 aromatic heterocycles. The van der Waals surface area contributed by atoms with E-state index in [0.29, 0.717) is 5.69 Å². The molecule has 0 heterocycles. The molecule has 0 saturated heterocycles. The number of rotatable bonds is 6. The van der Waals surface area contributed by atoms with Crippen LogP contribution in [0.1, 0.15) is 26.3 Å². The molecular weight excluding hydrogens is 268 g/mol. The van der Waals surface area contributed by atoms with Gasteiger partial charge in [0, 0.05) is 25.2 Å². The van der Waals surface area contributed by atoms with Crippen LogP contribution in [0.4, 0.5) is 5.69 Å². The van der Waals surface area contributed by atoms with Gasteiger partial charge >= 0.3 is 0 Å². The molecule has 2 amide bonds. The van der Waals surface area contributed by atoms with Gasteiger partial charge in [-0.05, 0) is 29.7 Å². The van der Waals surface area contributed by atoms with Gasteiger partial charge in [0.05, 0.1) is 6.10 Å². The Morgan fingerprint density at radius 3 is 2.38 bits per heavy atom. The molecule has 1 rings (SSSR count). The second kappa shape index (κ2) is 8.21. The van der Waals surface area contributed by atoms with Crippen molar-refractivity contribution in [1.82, 2.24) is 5.32 Å². The highest BCUT2D eigenvalue weighted by Crippen LogP contribution is 2.10. The lowest BCUT2D eigenvalue weighted by Gasteiger charge is -2.13. The SMILES string of the molecule is CC(=O)Nc1ccc(/C=C/C(=O)NCC(O)C(C)C)cc1. The Morgan fingerprint density at radius 1 is 1.24 bits per heavy atom. The Balaban J connectivity index is 2.48. The highest BCUT2D eigenvalue weighted by Gasteiger charge is 2.09. The zero-order valence-corrected chi connectivity index (χ0v) is 12.6. The molecule has 5 nitrogen and oxygen atoms in total. The van der Waals surface area contributed by atoms with E-state index < -0.39 is 6.10 Å². The maximum Gasteiger partial charge on any atom is 0.244 e. The van der Waals surface area contributed by atoms with Crippen LogP contribution in [0.3, 0.4) is 0 Å². The smallest absolute Gasteiger partial charge is 0.244 e. The summed E-state index contributed by atoms with van der Waals surface area (Å²) >= 11 is 0. The molecule has 1 atom stereocenters. The first-order valence-electron chi connectivity index (χ1n) is 6.90. The van der Waals surface area contributed by atoms with Crippen LogP contribution in [0.25, 0.3) is 6.08 Å². The Morgan fingerprint density at radius 2 is 1.86 bits per heavy atom. The minimum Gasteiger partial charge on any atom is -0.391 e. The van der Waals surface area contributed by atoms with Gasteiger partial charge in [-0.3, -0.25) is 9.59 Å². The van der Waals surface area contributed by atoms with E-state index in [1.807, 2.05) is 13.8 Å². The van der Waals surface area contributed by atoms with Crippen molar-refractivity contribution in [3.63, 3.8) is 0 Å². The molecule has 5 heteroatoms. The molecule has 0 aliphatic rings. The number of aliphatic hydroxyl groups is 1. The highest BCUT2D eigenvalue weighted by molar-refractivity contribution is 5.92. The zero-order chi connectivity index (χ0) is 15.8. The average molecular weight is 290 g/mol. The van der Waals surface area contributed by atoms with Crippen LogP contribution in [0.5, 0.6) is 0 Å². The van der Waals surface area contributed by atoms with Crippen molar-refractivity contribution in [3.8, 4) is 0 Å². The van der Waals surface area contributed by atoms with Crippen LogP contribution in [0.2, 0.25) is 0 Å². The summed E-state index contributed by atoms with van der Waals surface area (Å²) in [5, 5.41) is 14.9. The number of hydrogen-bond donors (Lipinski definition) is 3. The molecule has 21 heavy (non-hydrogen) atoms. The van der Waals surface area contributed by atoms with Crippen LogP contribution >= 0.6 is 0 Å². The van der Waals surface area contributed by atoms with Crippen molar-refractivity contribution >= 4 is 23.6 Å². The van der Waals surface area contributed by atoms with Crippen LogP contribution in [-0.2, 0) is 9.59 Å². The molecule has 3 N–H and O–H groups in total. The van der Waals surface area contributed by atoms with E-state index >= 15 is 0 Å². The summed E-state index contributed by atoms with van der Waals surface area (Å²) in [5.74, 6) is -0.266. The minimum atomic E-state index is -0.542. The predicted molar refractivity (Wildman–Crippen MR) is 83.6 cm³/mol. The van der Waals surface area contributed by atoms with Crippen LogP contribution in [-0.4, -0.2) is 29.6 Å². The first kappa shape index (κ1) is 16.9. The van der Waals surface area contributed by atoms with Gasteiger partial charge in [0.25, 0.3) is 0 Å². The quantitative estimate of drug-likeness (QED) is 0.699. The summed E-state index contributed by atoms with van der Waals surface area (Å²) in [5.41, 5.74) is 1.56. The summed E-state index contributed by atoms with van der Waals surface area (Å²) in [6.07, 6.45) is 2.55.